The molecular formula is C22H21BrN2O3. The largest absolute Gasteiger partial charge is 0.339 e. The van der Waals surface area contributed by atoms with Crippen LogP contribution in [0.15, 0.2) is 46.9 Å². The van der Waals surface area contributed by atoms with Crippen molar-refractivity contribution >= 4 is 38.5 Å². The van der Waals surface area contributed by atoms with E-state index < -0.39 is 5.91 Å². The molecular weight excluding hydrogens is 420 g/mol. The number of hydrogen-bond donors (Lipinski definition) is 2. The number of nitrogens with zero attached hydrogens (tertiary/aromatic N) is 1. The second-order valence-corrected chi connectivity index (χ2v) is 9.06. The van der Waals surface area contributed by atoms with Gasteiger partial charge in [-0.2, -0.15) is 0 Å². The van der Waals surface area contributed by atoms with Gasteiger partial charge >= 0.3 is 0 Å². The van der Waals surface area contributed by atoms with Crippen molar-refractivity contribution in [2.75, 3.05) is 0 Å². The van der Waals surface area contributed by atoms with E-state index in [2.05, 4.69) is 40.4 Å². The van der Waals surface area contributed by atoms with Crippen LogP contribution in [0.2, 0.25) is 0 Å². The van der Waals surface area contributed by atoms with Gasteiger partial charge in [0, 0.05) is 39.6 Å². The monoisotopic (exact) mass is 440 g/mol. The summed E-state index contributed by atoms with van der Waals surface area (Å²) in [5, 5.41) is 9.77. The Hall–Kier alpha value is -2.44. The number of halogens is 1. The lowest BCUT2D eigenvalue weighted by molar-refractivity contribution is 0.0706. The van der Waals surface area contributed by atoms with Gasteiger partial charge in [-0.3, -0.25) is 14.8 Å². The van der Waals surface area contributed by atoms with Crippen LogP contribution in [0, 0.1) is 5.41 Å². The number of rotatable bonds is 3. The molecule has 0 fully saturated rings. The summed E-state index contributed by atoms with van der Waals surface area (Å²) in [6.07, 6.45) is 1.39. The lowest BCUT2D eigenvalue weighted by atomic mass is 9.75. The number of hydroxylamine groups is 1. The van der Waals surface area contributed by atoms with Crippen LogP contribution < -0.4 is 5.48 Å². The molecule has 0 saturated carbocycles. The highest BCUT2D eigenvalue weighted by molar-refractivity contribution is 9.10. The highest BCUT2D eigenvalue weighted by Crippen LogP contribution is 2.40. The summed E-state index contributed by atoms with van der Waals surface area (Å²) >= 11 is 3.55. The Labute approximate surface area is 171 Å². The second-order valence-electron chi connectivity index (χ2n) is 8.15. The van der Waals surface area contributed by atoms with Gasteiger partial charge in [-0.25, -0.2) is 5.48 Å². The Kier molecular flexibility index (Phi) is 4.63. The zero-order chi connectivity index (χ0) is 20.1. The fraction of sp³-hybridized carbons (Fsp3) is 0.273. The van der Waals surface area contributed by atoms with Crippen molar-refractivity contribution in [3.05, 3.63) is 69.3 Å². The van der Waals surface area contributed by atoms with E-state index in [0.29, 0.717) is 18.5 Å². The van der Waals surface area contributed by atoms with Gasteiger partial charge in [0.1, 0.15) is 0 Å². The van der Waals surface area contributed by atoms with Crippen molar-refractivity contribution in [1.29, 1.82) is 0 Å². The summed E-state index contributed by atoms with van der Waals surface area (Å²) in [5.74, 6) is -0.334. The van der Waals surface area contributed by atoms with Crippen molar-refractivity contribution in [2.45, 2.75) is 33.2 Å². The molecule has 1 amide bonds. The summed E-state index contributed by atoms with van der Waals surface area (Å²) in [6.45, 7) is 4.87. The quantitative estimate of drug-likeness (QED) is 0.456. The van der Waals surface area contributed by atoms with Gasteiger partial charge in [-0.1, -0.05) is 48.0 Å². The van der Waals surface area contributed by atoms with Crippen molar-refractivity contribution in [1.82, 2.24) is 10.0 Å². The minimum Gasteiger partial charge on any atom is -0.339 e. The molecule has 28 heavy (non-hydrogen) atoms. The number of carbonyl (C=O) groups is 2. The molecule has 2 N–H and O–H groups in total. The average Bonchev–Trinajstić information content (AvgIpc) is 2.93. The summed E-state index contributed by atoms with van der Waals surface area (Å²) in [4.78, 5) is 24.5. The minimum atomic E-state index is -0.536. The molecule has 1 aliphatic rings. The van der Waals surface area contributed by atoms with Crippen molar-refractivity contribution in [3.63, 3.8) is 0 Å². The number of amides is 1. The molecule has 0 spiro atoms. The summed E-state index contributed by atoms with van der Waals surface area (Å²) < 4.78 is 3.19. The Morgan fingerprint density at radius 1 is 1.18 bits per heavy atom. The SMILES string of the molecule is CC1(C)CC(=O)c2c(n(Cc3ccc(C(=O)NO)cc3)c3cc(Br)ccc23)C1. The van der Waals surface area contributed by atoms with Gasteiger partial charge in [-0.15, -0.1) is 0 Å². The molecule has 1 aliphatic carbocycles. The van der Waals surface area contributed by atoms with Crippen LogP contribution in [0.5, 0.6) is 0 Å². The van der Waals surface area contributed by atoms with E-state index in [1.54, 1.807) is 17.6 Å². The van der Waals surface area contributed by atoms with Gasteiger partial charge in [0.2, 0.25) is 0 Å². The minimum absolute atomic E-state index is 0.0729. The van der Waals surface area contributed by atoms with Gasteiger partial charge in [-0.05, 0) is 41.7 Å². The molecule has 4 rings (SSSR count). The number of ketones is 1. The molecule has 2 aromatic carbocycles. The van der Waals surface area contributed by atoms with E-state index in [-0.39, 0.29) is 11.2 Å². The van der Waals surface area contributed by atoms with E-state index in [0.717, 1.165) is 38.6 Å². The van der Waals surface area contributed by atoms with Gasteiger partial charge < -0.3 is 4.57 Å². The van der Waals surface area contributed by atoms with Gasteiger partial charge in [0.05, 0.1) is 5.52 Å². The Balaban J connectivity index is 1.83. The van der Waals surface area contributed by atoms with Crippen LogP contribution >= 0.6 is 15.9 Å². The maximum atomic E-state index is 12.9. The van der Waals surface area contributed by atoms with Gasteiger partial charge in [0.25, 0.3) is 5.91 Å². The molecule has 1 aromatic heterocycles. The third-order valence-electron chi connectivity index (χ3n) is 5.36. The molecule has 3 aromatic rings. The molecule has 6 heteroatoms. The molecule has 0 bridgehead atoms. The van der Waals surface area contributed by atoms with Crippen molar-refractivity contribution in [3.8, 4) is 0 Å². The summed E-state index contributed by atoms with van der Waals surface area (Å²) in [5.41, 5.74) is 5.93. The Morgan fingerprint density at radius 2 is 1.89 bits per heavy atom. The van der Waals surface area contributed by atoms with E-state index >= 15 is 0 Å². The number of carbonyl (C=O) groups excluding carboxylic acids is 2. The number of nitrogens with one attached hydrogen (secondary N) is 1. The standard InChI is InChI=1S/C22H21BrN2O3/c1-22(2)10-18-20(19(26)11-22)16-8-7-15(23)9-17(16)25(18)12-13-3-5-14(6-4-13)21(27)24-28/h3-9,28H,10-12H2,1-2H3,(H,24,27). The zero-order valence-corrected chi connectivity index (χ0v) is 17.3. The Morgan fingerprint density at radius 3 is 2.57 bits per heavy atom. The normalized spacial score (nSPS) is 15.5. The first-order chi connectivity index (χ1) is 13.3. The molecule has 144 valence electrons. The Bertz CT molecular complexity index is 1100. The molecule has 0 unspecified atom stereocenters. The van der Waals surface area contributed by atoms with Crippen LogP contribution in [0.4, 0.5) is 0 Å². The lowest BCUT2D eigenvalue weighted by Gasteiger charge is -2.30. The smallest absolute Gasteiger partial charge is 0.274 e. The maximum Gasteiger partial charge on any atom is 0.274 e. The fourth-order valence-corrected chi connectivity index (χ4v) is 4.45. The first kappa shape index (κ1) is 18.9. The molecule has 0 aliphatic heterocycles. The predicted molar refractivity (Wildman–Crippen MR) is 111 cm³/mol. The molecule has 0 radical (unpaired) electrons. The number of benzene rings is 2. The van der Waals surface area contributed by atoms with E-state index in [1.165, 1.54) is 0 Å². The molecule has 0 atom stereocenters. The van der Waals surface area contributed by atoms with Crippen LogP contribution in [0.1, 0.15) is 52.2 Å². The molecule has 1 heterocycles. The molecule has 5 nitrogen and oxygen atoms in total. The predicted octanol–water partition coefficient (Wildman–Crippen LogP) is 4.73. The first-order valence-corrected chi connectivity index (χ1v) is 9.95. The number of aromatic nitrogens is 1. The third-order valence-corrected chi connectivity index (χ3v) is 5.85. The van der Waals surface area contributed by atoms with Crippen LogP contribution in [-0.4, -0.2) is 21.5 Å². The average molecular weight is 441 g/mol. The fourth-order valence-electron chi connectivity index (χ4n) is 4.10. The number of Topliss-reactive ketones (excluding diaryl/α,β-unsaturated/α-hetero) is 1. The number of fused-ring (bicyclic) bond motifs is 3. The van der Waals surface area contributed by atoms with Crippen LogP contribution in [-0.2, 0) is 13.0 Å². The lowest BCUT2D eigenvalue weighted by Crippen LogP contribution is -2.28. The van der Waals surface area contributed by atoms with Crippen LogP contribution in [0.3, 0.4) is 0 Å². The highest BCUT2D eigenvalue weighted by atomic mass is 79.9. The molecule has 0 saturated heterocycles. The van der Waals surface area contributed by atoms with E-state index in [1.807, 2.05) is 24.3 Å². The van der Waals surface area contributed by atoms with Crippen molar-refractivity contribution in [2.24, 2.45) is 5.41 Å². The number of hydrogen-bond acceptors (Lipinski definition) is 3. The third kappa shape index (κ3) is 3.27. The summed E-state index contributed by atoms with van der Waals surface area (Å²) in [7, 11) is 0. The highest BCUT2D eigenvalue weighted by Gasteiger charge is 2.35. The van der Waals surface area contributed by atoms with Crippen molar-refractivity contribution < 1.29 is 14.8 Å². The second kappa shape index (κ2) is 6.87. The maximum absolute atomic E-state index is 12.9. The van der Waals surface area contributed by atoms with Crippen LogP contribution in [0.25, 0.3) is 10.9 Å². The topological polar surface area (TPSA) is 71.3 Å². The van der Waals surface area contributed by atoms with E-state index in [4.69, 9.17) is 5.21 Å². The van der Waals surface area contributed by atoms with Gasteiger partial charge in [0.15, 0.2) is 5.78 Å². The zero-order valence-electron chi connectivity index (χ0n) is 15.8. The first-order valence-electron chi connectivity index (χ1n) is 9.16. The summed E-state index contributed by atoms with van der Waals surface area (Å²) in [6, 6.07) is 13.2. The van der Waals surface area contributed by atoms with E-state index in [9.17, 15) is 9.59 Å².